The summed E-state index contributed by atoms with van der Waals surface area (Å²) in [5, 5.41) is 16.5. The third-order valence-corrected chi connectivity index (χ3v) is 4.09. The number of aliphatic hydroxyl groups is 1. The van der Waals surface area contributed by atoms with Gasteiger partial charge in [-0.3, -0.25) is 0 Å². The Hall–Kier alpha value is -1.86. The van der Waals surface area contributed by atoms with Gasteiger partial charge in [0.15, 0.2) is 0 Å². The lowest BCUT2D eigenvalue weighted by molar-refractivity contribution is 0.129. The van der Waals surface area contributed by atoms with E-state index in [1.165, 1.54) is 11.1 Å². The number of aryl methyl sites for hydroxylation is 1. The Balaban J connectivity index is 1.65. The number of hydrogen-bond acceptors (Lipinski definition) is 5. The van der Waals surface area contributed by atoms with Crippen LogP contribution in [-0.4, -0.2) is 28.7 Å². The van der Waals surface area contributed by atoms with E-state index in [9.17, 15) is 9.90 Å². The fourth-order valence-electron chi connectivity index (χ4n) is 2.07. The molecule has 0 saturated carbocycles. The number of nitrogens with zero attached hydrogens (tertiary/aromatic N) is 1. The van der Waals surface area contributed by atoms with Crippen molar-refractivity contribution in [3.63, 3.8) is 0 Å². The number of urea groups is 1. The molecule has 0 aliphatic carbocycles. The van der Waals surface area contributed by atoms with E-state index < -0.39 is 6.10 Å². The minimum atomic E-state index is -0.719. The van der Waals surface area contributed by atoms with Gasteiger partial charge in [-0.25, -0.2) is 9.78 Å². The average Bonchev–Trinajstić information content (AvgIpc) is 3.10. The highest BCUT2D eigenvalue weighted by Crippen LogP contribution is 2.18. The third-order valence-electron chi connectivity index (χ3n) is 3.12. The summed E-state index contributed by atoms with van der Waals surface area (Å²) in [6.45, 7) is 4.38. The van der Waals surface area contributed by atoms with E-state index in [0.29, 0.717) is 18.7 Å². The minimum absolute atomic E-state index is 0.165. The maximum Gasteiger partial charge on any atom is 0.315 e. The Morgan fingerprint density at radius 2 is 2.36 bits per heavy atom. The lowest BCUT2D eigenvalue weighted by Gasteiger charge is -2.17. The molecule has 22 heavy (non-hydrogen) atoms. The number of hydrogen-bond donors (Lipinski definition) is 3. The van der Waals surface area contributed by atoms with Gasteiger partial charge in [-0.15, -0.1) is 11.3 Å². The number of nitrogens with one attached hydrogen (secondary N) is 2. The van der Waals surface area contributed by atoms with Gasteiger partial charge in [0.1, 0.15) is 11.9 Å². The molecule has 0 radical (unpaired) electrons. The monoisotopic (exact) mass is 323 g/mol. The zero-order chi connectivity index (χ0) is 15.9. The maximum absolute atomic E-state index is 11.8. The number of furan rings is 1. The van der Waals surface area contributed by atoms with Gasteiger partial charge >= 0.3 is 6.03 Å². The molecule has 2 amide bonds. The van der Waals surface area contributed by atoms with Crippen molar-refractivity contribution in [2.75, 3.05) is 6.54 Å². The predicted octanol–water partition coefficient (Wildman–Crippen LogP) is 2.40. The van der Waals surface area contributed by atoms with E-state index >= 15 is 0 Å². The van der Waals surface area contributed by atoms with E-state index in [0.717, 1.165) is 11.4 Å². The molecule has 6 nitrogen and oxygen atoms in total. The number of carbonyl (C=O) groups is 1. The van der Waals surface area contributed by atoms with Crippen LogP contribution in [0.4, 0.5) is 4.79 Å². The van der Waals surface area contributed by atoms with Crippen molar-refractivity contribution in [2.24, 2.45) is 0 Å². The molecule has 0 aliphatic rings. The van der Waals surface area contributed by atoms with Crippen LogP contribution in [0.5, 0.6) is 0 Å². The molecule has 2 aromatic rings. The lowest BCUT2D eigenvalue weighted by Crippen LogP contribution is -2.42. The second kappa shape index (κ2) is 7.95. The molecule has 2 atom stereocenters. The summed E-state index contributed by atoms with van der Waals surface area (Å²) in [6, 6.07) is 3.03. The second-order valence-electron chi connectivity index (χ2n) is 5.18. The molecular formula is C15H21N3O3S. The fraction of sp³-hybridized carbons (Fsp3) is 0.467. The van der Waals surface area contributed by atoms with E-state index in [-0.39, 0.29) is 12.1 Å². The Kier molecular flexibility index (Phi) is 5.97. The van der Waals surface area contributed by atoms with Crippen molar-refractivity contribution in [3.8, 4) is 0 Å². The zero-order valence-electron chi connectivity index (χ0n) is 12.7. The van der Waals surface area contributed by atoms with Crippen molar-refractivity contribution < 1.29 is 14.3 Å². The van der Waals surface area contributed by atoms with E-state index in [1.807, 2.05) is 20.0 Å². The van der Waals surface area contributed by atoms with Crippen LogP contribution in [0.15, 0.2) is 29.0 Å². The van der Waals surface area contributed by atoms with Gasteiger partial charge in [0.25, 0.3) is 0 Å². The van der Waals surface area contributed by atoms with Crippen molar-refractivity contribution in [3.05, 3.63) is 40.2 Å². The summed E-state index contributed by atoms with van der Waals surface area (Å²) >= 11 is 1.63. The number of amides is 2. The van der Waals surface area contributed by atoms with Crippen LogP contribution < -0.4 is 10.6 Å². The first-order chi connectivity index (χ1) is 10.5. The first-order valence-corrected chi connectivity index (χ1v) is 8.03. The molecule has 0 saturated heterocycles. The van der Waals surface area contributed by atoms with E-state index in [4.69, 9.17) is 4.42 Å². The van der Waals surface area contributed by atoms with Gasteiger partial charge in [-0.05, 0) is 26.0 Å². The number of aliphatic hydroxyl groups excluding tert-OH is 1. The third kappa shape index (κ3) is 5.16. The summed E-state index contributed by atoms with van der Waals surface area (Å²) in [6.07, 6.45) is 3.74. The van der Waals surface area contributed by atoms with Crippen molar-refractivity contribution >= 4 is 17.4 Å². The molecule has 7 heteroatoms. The summed E-state index contributed by atoms with van der Waals surface area (Å²) in [4.78, 5) is 17.2. The van der Waals surface area contributed by atoms with Crippen molar-refractivity contribution in [1.82, 2.24) is 15.6 Å². The van der Waals surface area contributed by atoms with Gasteiger partial charge in [-0.1, -0.05) is 0 Å². The first kappa shape index (κ1) is 16.5. The molecule has 0 aliphatic heterocycles. The van der Waals surface area contributed by atoms with Crippen molar-refractivity contribution in [2.45, 2.75) is 38.8 Å². The fourth-order valence-corrected chi connectivity index (χ4v) is 2.85. The highest BCUT2D eigenvalue weighted by atomic mass is 32.1. The van der Waals surface area contributed by atoms with Crippen LogP contribution in [0.1, 0.15) is 35.1 Å². The standard InChI is InChI=1S/C15H21N3O3S/c1-10(8-12(19)13-4-3-7-21-13)18-15(20)16-6-5-14-17-9-11(2)22-14/h3-4,7,9-10,12,19H,5-6,8H2,1-2H3,(H2,16,18,20)/t10-,12+/m0/s1. The first-order valence-electron chi connectivity index (χ1n) is 7.21. The summed E-state index contributed by atoms with van der Waals surface area (Å²) in [5.41, 5.74) is 0. The minimum Gasteiger partial charge on any atom is -0.467 e. The Morgan fingerprint density at radius 1 is 1.55 bits per heavy atom. The van der Waals surface area contributed by atoms with E-state index in [2.05, 4.69) is 15.6 Å². The van der Waals surface area contributed by atoms with Gasteiger partial charge in [-0.2, -0.15) is 0 Å². The summed E-state index contributed by atoms with van der Waals surface area (Å²) in [5.74, 6) is 0.508. The molecule has 0 spiro atoms. The normalized spacial score (nSPS) is 13.6. The van der Waals surface area contributed by atoms with Gasteiger partial charge in [0.05, 0.1) is 11.3 Å². The number of rotatable bonds is 7. The summed E-state index contributed by atoms with van der Waals surface area (Å²) < 4.78 is 5.13. The number of aromatic nitrogens is 1. The highest BCUT2D eigenvalue weighted by Gasteiger charge is 2.16. The zero-order valence-corrected chi connectivity index (χ0v) is 13.5. The highest BCUT2D eigenvalue weighted by molar-refractivity contribution is 7.11. The van der Waals surface area contributed by atoms with Crippen LogP contribution in [-0.2, 0) is 6.42 Å². The van der Waals surface area contributed by atoms with Crippen LogP contribution in [0.25, 0.3) is 0 Å². The van der Waals surface area contributed by atoms with Crippen LogP contribution in [0.3, 0.4) is 0 Å². The molecule has 0 aromatic carbocycles. The van der Waals surface area contributed by atoms with E-state index in [1.54, 1.807) is 23.5 Å². The molecule has 0 bridgehead atoms. The Bertz CT molecular complexity index is 583. The molecule has 0 unspecified atom stereocenters. The van der Waals surface area contributed by atoms with Gasteiger partial charge < -0.3 is 20.2 Å². The van der Waals surface area contributed by atoms with Gasteiger partial charge in [0, 0.05) is 36.5 Å². The molecular weight excluding hydrogens is 302 g/mol. The Morgan fingerprint density at radius 3 is 3.00 bits per heavy atom. The van der Waals surface area contributed by atoms with Gasteiger partial charge in [0.2, 0.25) is 0 Å². The average molecular weight is 323 g/mol. The van der Waals surface area contributed by atoms with Crippen LogP contribution in [0.2, 0.25) is 0 Å². The van der Waals surface area contributed by atoms with Crippen LogP contribution in [0, 0.1) is 6.92 Å². The molecule has 2 rings (SSSR count). The molecule has 2 aromatic heterocycles. The molecule has 0 fully saturated rings. The Labute approximate surface area is 133 Å². The SMILES string of the molecule is Cc1cnc(CCNC(=O)N[C@@H](C)C[C@@H](O)c2ccco2)s1. The topological polar surface area (TPSA) is 87.4 Å². The molecule has 2 heterocycles. The summed E-state index contributed by atoms with van der Waals surface area (Å²) in [7, 11) is 0. The smallest absolute Gasteiger partial charge is 0.315 e. The quantitative estimate of drug-likeness (QED) is 0.730. The maximum atomic E-state index is 11.8. The molecule has 3 N–H and O–H groups in total. The van der Waals surface area contributed by atoms with Crippen LogP contribution >= 0.6 is 11.3 Å². The van der Waals surface area contributed by atoms with Crippen molar-refractivity contribution in [1.29, 1.82) is 0 Å². The largest absolute Gasteiger partial charge is 0.467 e. The molecule has 120 valence electrons. The lowest BCUT2D eigenvalue weighted by atomic mass is 10.1. The second-order valence-corrected chi connectivity index (χ2v) is 6.50. The number of carbonyl (C=O) groups excluding carboxylic acids is 1. The predicted molar refractivity (Wildman–Crippen MR) is 84.8 cm³/mol. The number of thiazole rings is 1.